The number of pyridine rings is 1. The topological polar surface area (TPSA) is 115 Å². The standard InChI is InChI=1S/C28H40N2O9Si/c1-26(2,3)38-25(32)30-18-14(17-16(24(30)31)20(33-9)22-23(29-17)35-13-34-22)12-15(39-40(10,11)27(4,5)6)19-21(18)37-28(7,8)36-19/h12,15,18-19,21H,13H2,1-11H3/t15-,18+,19+,21-/m0/s1. The minimum Gasteiger partial charge on any atom is -0.492 e. The molecular formula is C28H40N2O9Si. The normalized spacial score (nSPS) is 27.0. The van der Waals surface area contributed by atoms with Gasteiger partial charge in [-0.3, -0.25) is 4.79 Å². The Morgan fingerprint density at radius 3 is 2.35 bits per heavy atom. The average molecular weight is 577 g/mol. The fourth-order valence-corrected chi connectivity index (χ4v) is 6.47. The van der Waals surface area contributed by atoms with Crippen molar-refractivity contribution in [1.29, 1.82) is 0 Å². The molecule has 1 fully saturated rings. The molecule has 0 bridgehead atoms. The van der Waals surface area contributed by atoms with E-state index in [9.17, 15) is 9.59 Å². The zero-order valence-electron chi connectivity index (χ0n) is 25.2. The molecule has 220 valence electrons. The summed E-state index contributed by atoms with van der Waals surface area (Å²) in [5.74, 6) is -1.06. The van der Waals surface area contributed by atoms with Crippen LogP contribution in [-0.2, 0) is 18.6 Å². The van der Waals surface area contributed by atoms with Gasteiger partial charge in [0.15, 0.2) is 19.9 Å². The third-order valence-corrected chi connectivity index (χ3v) is 12.4. The number of carbonyl (C=O) groups excluding carboxylic acids is 2. The largest absolute Gasteiger partial charge is 0.492 e. The van der Waals surface area contributed by atoms with Crippen molar-refractivity contribution in [2.24, 2.45) is 0 Å². The number of ether oxygens (including phenoxy) is 6. The first-order valence-corrected chi connectivity index (χ1v) is 16.5. The quantitative estimate of drug-likeness (QED) is 0.461. The molecule has 4 heterocycles. The van der Waals surface area contributed by atoms with Crippen LogP contribution >= 0.6 is 0 Å². The van der Waals surface area contributed by atoms with Crippen molar-refractivity contribution in [3.8, 4) is 17.4 Å². The molecule has 11 nitrogen and oxygen atoms in total. The van der Waals surface area contributed by atoms with Crippen LogP contribution in [0.1, 0.15) is 71.4 Å². The van der Waals surface area contributed by atoms with E-state index in [0.717, 1.165) is 4.90 Å². The Kier molecular flexibility index (Phi) is 6.61. The number of nitrogens with zero attached hydrogens (tertiary/aromatic N) is 2. The Hall–Kier alpha value is -2.67. The van der Waals surface area contributed by atoms with E-state index in [2.05, 4.69) is 33.9 Å². The van der Waals surface area contributed by atoms with Crippen LogP contribution in [-0.4, -0.2) is 79.8 Å². The van der Waals surface area contributed by atoms with Crippen molar-refractivity contribution in [3.63, 3.8) is 0 Å². The first-order chi connectivity index (χ1) is 18.4. The van der Waals surface area contributed by atoms with Gasteiger partial charge in [-0.25, -0.2) is 14.7 Å². The van der Waals surface area contributed by atoms with Gasteiger partial charge in [-0.1, -0.05) is 20.8 Å². The number of methoxy groups -OCH3 is 1. The van der Waals surface area contributed by atoms with Crippen molar-refractivity contribution >= 4 is 25.9 Å². The lowest BCUT2D eigenvalue weighted by atomic mass is 9.80. The van der Waals surface area contributed by atoms with Crippen molar-refractivity contribution in [2.45, 2.75) is 109 Å². The summed E-state index contributed by atoms with van der Waals surface area (Å²) < 4.78 is 42.3. The summed E-state index contributed by atoms with van der Waals surface area (Å²) in [6, 6.07) is -0.890. The number of hydrogen-bond donors (Lipinski definition) is 0. The van der Waals surface area contributed by atoms with E-state index in [1.807, 2.05) is 19.9 Å². The Labute approximate surface area is 236 Å². The van der Waals surface area contributed by atoms with Gasteiger partial charge in [-0.2, -0.15) is 0 Å². The van der Waals surface area contributed by atoms with Crippen molar-refractivity contribution in [1.82, 2.24) is 9.88 Å². The van der Waals surface area contributed by atoms with E-state index in [1.165, 1.54) is 7.11 Å². The Balaban J connectivity index is 1.75. The predicted molar refractivity (Wildman–Crippen MR) is 147 cm³/mol. The second kappa shape index (κ2) is 9.17. The van der Waals surface area contributed by atoms with Crippen molar-refractivity contribution in [3.05, 3.63) is 17.3 Å². The Bertz CT molecular complexity index is 1280. The molecule has 1 aromatic rings. The number of fused-ring (bicyclic) bond motifs is 6. The molecule has 1 saturated heterocycles. The zero-order valence-corrected chi connectivity index (χ0v) is 26.2. The maximum atomic E-state index is 14.2. The highest BCUT2D eigenvalue weighted by Gasteiger charge is 2.60. The molecule has 12 heteroatoms. The summed E-state index contributed by atoms with van der Waals surface area (Å²) in [4.78, 5) is 33.8. The lowest BCUT2D eigenvalue weighted by molar-refractivity contribution is -0.153. The maximum Gasteiger partial charge on any atom is 0.418 e. The third kappa shape index (κ3) is 4.68. The minimum atomic E-state index is -2.31. The Morgan fingerprint density at radius 1 is 1.10 bits per heavy atom. The van der Waals surface area contributed by atoms with Crippen molar-refractivity contribution < 1.29 is 42.4 Å². The predicted octanol–water partition coefficient (Wildman–Crippen LogP) is 4.89. The fourth-order valence-electron chi connectivity index (χ4n) is 5.24. The van der Waals surface area contributed by atoms with Gasteiger partial charge in [-0.15, -0.1) is 0 Å². The van der Waals surface area contributed by atoms with E-state index >= 15 is 0 Å². The lowest BCUT2D eigenvalue weighted by Crippen LogP contribution is -2.61. The van der Waals surface area contributed by atoms with Crippen LogP contribution < -0.4 is 14.2 Å². The molecule has 3 aliphatic heterocycles. The molecule has 0 unspecified atom stereocenters. The molecule has 0 spiro atoms. The Morgan fingerprint density at radius 2 is 1.75 bits per heavy atom. The fraction of sp³-hybridized carbons (Fsp3) is 0.679. The summed E-state index contributed by atoms with van der Waals surface area (Å²) in [6.07, 6.45) is -0.761. The highest BCUT2D eigenvalue weighted by Crippen LogP contribution is 2.52. The number of aromatic nitrogens is 1. The van der Waals surface area contributed by atoms with Gasteiger partial charge in [0.2, 0.25) is 12.5 Å². The van der Waals surface area contributed by atoms with E-state index in [-0.39, 0.29) is 34.8 Å². The molecule has 0 N–H and O–H groups in total. The molecule has 0 radical (unpaired) electrons. The van der Waals surface area contributed by atoms with E-state index in [0.29, 0.717) is 11.3 Å². The van der Waals surface area contributed by atoms with Gasteiger partial charge in [0.05, 0.1) is 24.9 Å². The number of amides is 2. The third-order valence-electron chi connectivity index (χ3n) is 7.95. The second-order valence-corrected chi connectivity index (χ2v) is 18.3. The maximum absolute atomic E-state index is 14.2. The molecule has 1 aromatic heterocycles. The smallest absolute Gasteiger partial charge is 0.418 e. The minimum absolute atomic E-state index is 0.0685. The monoisotopic (exact) mass is 576 g/mol. The van der Waals surface area contributed by atoms with E-state index < -0.39 is 56.1 Å². The van der Waals surface area contributed by atoms with Crippen LogP contribution in [0.5, 0.6) is 17.4 Å². The number of imide groups is 1. The van der Waals surface area contributed by atoms with Crippen LogP contribution in [0.3, 0.4) is 0 Å². The SMILES string of the molecule is COc1c2c(nc3c1C(=O)N(C(=O)OC(C)(C)C)[C@@H]1C3=C[C@H](O[Si](C)(C)C(C)(C)C)[C@H]3OC(C)(C)O[C@H]31)OCO2. The molecule has 0 saturated carbocycles. The molecule has 4 aliphatic rings. The summed E-state index contributed by atoms with van der Waals surface area (Å²) in [7, 11) is -0.877. The van der Waals surface area contributed by atoms with Gasteiger partial charge in [0.25, 0.3) is 11.8 Å². The molecular weight excluding hydrogens is 536 g/mol. The van der Waals surface area contributed by atoms with Gasteiger partial charge in [0.1, 0.15) is 23.4 Å². The molecule has 40 heavy (non-hydrogen) atoms. The summed E-state index contributed by atoms with van der Waals surface area (Å²) in [5.41, 5.74) is 0.130. The van der Waals surface area contributed by atoms with Crippen LogP contribution in [0.25, 0.3) is 5.57 Å². The molecule has 5 rings (SSSR count). The molecule has 4 atom stereocenters. The number of rotatable bonds is 3. The average Bonchev–Trinajstić information content (AvgIpc) is 3.39. The van der Waals surface area contributed by atoms with Crippen molar-refractivity contribution in [2.75, 3.05) is 13.9 Å². The summed E-state index contributed by atoms with van der Waals surface area (Å²) in [5, 5.41) is -0.0801. The highest BCUT2D eigenvalue weighted by atomic mass is 28.4. The van der Waals surface area contributed by atoms with E-state index in [4.69, 9.17) is 37.8 Å². The lowest BCUT2D eigenvalue weighted by Gasteiger charge is -2.46. The summed E-state index contributed by atoms with van der Waals surface area (Å²) in [6.45, 7) is 19.6. The first-order valence-electron chi connectivity index (χ1n) is 13.5. The highest BCUT2D eigenvalue weighted by molar-refractivity contribution is 6.74. The van der Waals surface area contributed by atoms with E-state index in [1.54, 1.807) is 20.8 Å². The van der Waals surface area contributed by atoms with Gasteiger partial charge in [-0.05, 0) is 58.8 Å². The first kappa shape index (κ1) is 28.8. The number of hydrogen-bond acceptors (Lipinski definition) is 10. The van der Waals surface area contributed by atoms with Gasteiger partial charge < -0.3 is 32.8 Å². The van der Waals surface area contributed by atoms with Crippen LogP contribution in [0, 0.1) is 0 Å². The number of carbonyl (C=O) groups is 2. The molecule has 0 aromatic carbocycles. The van der Waals surface area contributed by atoms with Gasteiger partial charge in [0, 0.05) is 5.57 Å². The van der Waals surface area contributed by atoms with Crippen LogP contribution in [0.2, 0.25) is 18.1 Å². The summed E-state index contributed by atoms with van der Waals surface area (Å²) >= 11 is 0. The zero-order chi connectivity index (χ0) is 29.6. The van der Waals surface area contributed by atoms with Gasteiger partial charge >= 0.3 is 6.09 Å². The second-order valence-electron chi connectivity index (χ2n) is 13.5. The van der Waals surface area contributed by atoms with Crippen LogP contribution in [0.4, 0.5) is 4.79 Å². The molecule has 1 aliphatic carbocycles. The molecule has 2 amide bonds. The van der Waals surface area contributed by atoms with Crippen LogP contribution in [0.15, 0.2) is 6.08 Å².